The van der Waals surface area contributed by atoms with E-state index in [1.54, 1.807) is 0 Å². The monoisotopic (exact) mass is 310 g/mol. The zero-order valence-electron chi connectivity index (χ0n) is 12.7. The molecule has 0 spiro atoms. The zero-order chi connectivity index (χ0) is 14.8. The number of hydrogen-bond donors (Lipinski definition) is 1. The van der Waals surface area contributed by atoms with Crippen molar-refractivity contribution in [2.45, 2.75) is 18.9 Å². The summed E-state index contributed by atoms with van der Waals surface area (Å²) in [6.45, 7) is 3.48. The van der Waals surface area contributed by atoms with Crippen LogP contribution in [0.3, 0.4) is 0 Å². The molecule has 5 heteroatoms. The van der Waals surface area contributed by atoms with Crippen molar-refractivity contribution in [1.29, 1.82) is 0 Å². The zero-order valence-corrected chi connectivity index (χ0v) is 13.4. The maximum atomic E-state index is 6.43. The molecule has 2 aliphatic rings. The summed E-state index contributed by atoms with van der Waals surface area (Å²) in [4.78, 5) is 2.40. The molecular weight excluding hydrogens is 288 g/mol. The van der Waals surface area contributed by atoms with Crippen LogP contribution < -0.4 is 14.8 Å². The highest BCUT2D eigenvalue weighted by Crippen LogP contribution is 2.43. The van der Waals surface area contributed by atoms with Gasteiger partial charge >= 0.3 is 0 Å². The number of nitrogens with zero attached hydrogens (tertiary/aromatic N) is 1. The van der Waals surface area contributed by atoms with Gasteiger partial charge in [0.1, 0.15) is 0 Å². The van der Waals surface area contributed by atoms with Crippen LogP contribution >= 0.6 is 11.6 Å². The maximum absolute atomic E-state index is 6.43. The van der Waals surface area contributed by atoms with E-state index < -0.39 is 0 Å². The Bertz CT molecular complexity index is 507. The van der Waals surface area contributed by atoms with Gasteiger partial charge in [-0.2, -0.15) is 0 Å². The summed E-state index contributed by atoms with van der Waals surface area (Å²) in [5.74, 6) is 2.09. The first-order valence-corrected chi connectivity index (χ1v) is 8.02. The molecule has 2 aliphatic heterocycles. The van der Waals surface area contributed by atoms with Gasteiger partial charge in [-0.05, 0) is 57.2 Å². The van der Waals surface area contributed by atoms with Gasteiger partial charge in [0.15, 0.2) is 11.5 Å². The van der Waals surface area contributed by atoms with E-state index in [1.807, 2.05) is 13.1 Å². The highest BCUT2D eigenvalue weighted by Gasteiger charge is 2.33. The maximum Gasteiger partial charge on any atom is 0.179 e. The van der Waals surface area contributed by atoms with Gasteiger partial charge in [-0.15, -0.1) is 0 Å². The van der Waals surface area contributed by atoms with Gasteiger partial charge in [-0.25, -0.2) is 0 Å². The van der Waals surface area contributed by atoms with E-state index in [0.717, 1.165) is 25.3 Å². The first-order chi connectivity index (χ1) is 10.2. The van der Waals surface area contributed by atoms with Crippen LogP contribution in [-0.4, -0.2) is 45.3 Å². The van der Waals surface area contributed by atoms with Crippen molar-refractivity contribution >= 4 is 11.6 Å². The molecule has 2 heterocycles. The molecule has 1 aromatic carbocycles. The minimum absolute atomic E-state index is 0.382. The fourth-order valence-electron chi connectivity index (χ4n) is 3.45. The Labute approximate surface area is 131 Å². The van der Waals surface area contributed by atoms with Crippen molar-refractivity contribution < 1.29 is 9.47 Å². The van der Waals surface area contributed by atoms with Crippen molar-refractivity contribution in [3.05, 3.63) is 22.7 Å². The Hall–Kier alpha value is -0.970. The molecular formula is C16H23ClN2O2. The second kappa shape index (κ2) is 6.42. The standard InChI is InChI=1S/C16H23ClN2O2/c1-18-10-11-4-5-19(2)15(11)12-8-13(17)16-14(9-12)20-6-3-7-21-16/h8-9,11,15,18H,3-7,10H2,1-2H3. The Morgan fingerprint density at radius 1 is 1.33 bits per heavy atom. The third-order valence-corrected chi connectivity index (χ3v) is 4.69. The minimum atomic E-state index is 0.382. The Morgan fingerprint density at radius 3 is 2.95 bits per heavy atom. The quantitative estimate of drug-likeness (QED) is 0.931. The summed E-state index contributed by atoms with van der Waals surface area (Å²) in [6.07, 6.45) is 2.10. The van der Waals surface area contributed by atoms with Crippen LogP contribution in [0.1, 0.15) is 24.4 Å². The van der Waals surface area contributed by atoms with Gasteiger partial charge < -0.3 is 14.8 Å². The average molecular weight is 311 g/mol. The van der Waals surface area contributed by atoms with Gasteiger partial charge in [0, 0.05) is 12.5 Å². The van der Waals surface area contributed by atoms with E-state index in [1.165, 1.54) is 12.0 Å². The lowest BCUT2D eigenvalue weighted by molar-refractivity contribution is 0.272. The topological polar surface area (TPSA) is 33.7 Å². The van der Waals surface area contributed by atoms with Crippen LogP contribution in [-0.2, 0) is 0 Å². The summed E-state index contributed by atoms with van der Waals surface area (Å²) in [7, 11) is 4.19. The number of benzene rings is 1. The number of hydrogen-bond acceptors (Lipinski definition) is 4. The van der Waals surface area contributed by atoms with E-state index in [9.17, 15) is 0 Å². The van der Waals surface area contributed by atoms with E-state index >= 15 is 0 Å². The van der Waals surface area contributed by atoms with Crippen molar-refractivity contribution in [3.63, 3.8) is 0 Å². The fourth-order valence-corrected chi connectivity index (χ4v) is 3.72. The Kier molecular flexibility index (Phi) is 4.57. The molecule has 0 bridgehead atoms. The molecule has 0 radical (unpaired) electrons. The molecule has 2 unspecified atom stereocenters. The fraction of sp³-hybridized carbons (Fsp3) is 0.625. The van der Waals surface area contributed by atoms with E-state index in [-0.39, 0.29) is 0 Å². The predicted molar refractivity (Wildman–Crippen MR) is 84.5 cm³/mol. The number of halogens is 1. The van der Waals surface area contributed by atoms with E-state index in [2.05, 4.69) is 23.3 Å². The number of nitrogens with one attached hydrogen (secondary N) is 1. The molecule has 0 amide bonds. The molecule has 21 heavy (non-hydrogen) atoms. The van der Waals surface area contributed by atoms with E-state index in [0.29, 0.717) is 35.9 Å². The minimum Gasteiger partial charge on any atom is -0.489 e. The lowest BCUT2D eigenvalue weighted by atomic mass is 9.93. The largest absolute Gasteiger partial charge is 0.489 e. The summed E-state index contributed by atoms with van der Waals surface area (Å²) in [5, 5.41) is 3.96. The number of likely N-dealkylation sites (tertiary alicyclic amines) is 1. The van der Waals surface area contributed by atoms with Gasteiger partial charge in [0.05, 0.1) is 18.2 Å². The third kappa shape index (κ3) is 2.98. The molecule has 0 aromatic heterocycles. The number of rotatable bonds is 3. The average Bonchev–Trinajstić information content (AvgIpc) is 2.68. The molecule has 1 saturated heterocycles. The molecule has 0 aliphatic carbocycles. The van der Waals surface area contributed by atoms with Crippen LogP contribution in [0.25, 0.3) is 0 Å². The second-order valence-electron chi connectivity index (χ2n) is 5.91. The first kappa shape index (κ1) is 14.9. The molecule has 1 N–H and O–H groups in total. The molecule has 1 aromatic rings. The molecule has 4 nitrogen and oxygen atoms in total. The SMILES string of the molecule is CNCC1CCN(C)C1c1cc(Cl)c2c(c1)OCCCO2. The highest BCUT2D eigenvalue weighted by atomic mass is 35.5. The van der Waals surface area contributed by atoms with Crippen molar-refractivity contribution in [2.75, 3.05) is 40.4 Å². The smallest absolute Gasteiger partial charge is 0.179 e. The summed E-state index contributed by atoms with van der Waals surface area (Å²) >= 11 is 6.43. The summed E-state index contributed by atoms with van der Waals surface area (Å²) < 4.78 is 11.5. The van der Waals surface area contributed by atoms with Crippen molar-refractivity contribution in [1.82, 2.24) is 10.2 Å². The molecule has 1 fully saturated rings. The van der Waals surface area contributed by atoms with Crippen LogP contribution in [0.4, 0.5) is 0 Å². The van der Waals surface area contributed by atoms with Gasteiger partial charge in [-0.3, -0.25) is 4.90 Å². The lowest BCUT2D eigenvalue weighted by Gasteiger charge is -2.26. The Morgan fingerprint density at radius 2 is 2.14 bits per heavy atom. The first-order valence-electron chi connectivity index (χ1n) is 7.64. The van der Waals surface area contributed by atoms with Gasteiger partial charge in [0.2, 0.25) is 0 Å². The van der Waals surface area contributed by atoms with Crippen LogP contribution in [0, 0.1) is 5.92 Å². The molecule has 0 saturated carbocycles. The van der Waals surface area contributed by atoms with Crippen LogP contribution in [0.2, 0.25) is 5.02 Å². The summed E-state index contributed by atoms with van der Waals surface area (Å²) in [5.41, 5.74) is 1.23. The van der Waals surface area contributed by atoms with Crippen LogP contribution in [0.15, 0.2) is 12.1 Å². The van der Waals surface area contributed by atoms with Crippen LogP contribution in [0.5, 0.6) is 11.5 Å². The van der Waals surface area contributed by atoms with Gasteiger partial charge in [0.25, 0.3) is 0 Å². The molecule has 3 rings (SSSR count). The second-order valence-corrected chi connectivity index (χ2v) is 6.32. The third-order valence-electron chi connectivity index (χ3n) is 4.41. The normalized spacial score (nSPS) is 25.9. The summed E-state index contributed by atoms with van der Waals surface area (Å²) in [6, 6.07) is 4.54. The van der Waals surface area contributed by atoms with Crippen molar-refractivity contribution in [3.8, 4) is 11.5 Å². The van der Waals surface area contributed by atoms with Crippen molar-refractivity contribution in [2.24, 2.45) is 5.92 Å². The molecule has 2 atom stereocenters. The lowest BCUT2D eigenvalue weighted by Crippen LogP contribution is -2.26. The van der Waals surface area contributed by atoms with E-state index in [4.69, 9.17) is 21.1 Å². The number of fused-ring (bicyclic) bond motifs is 1. The predicted octanol–water partition coefficient (Wildman–Crippen LogP) is 2.71. The highest BCUT2D eigenvalue weighted by molar-refractivity contribution is 6.32. The Balaban J connectivity index is 1.94. The number of ether oxygens (including phenoxy) is 2. The molecule has 116 valence electrons. The van der Waals surface area contributed by atoms with Gasteiger partial charge in [-0.1, -0.05) is 11.6 Å².